The molecule has 0 fully saturated rings. The summed E-state index contributed by atoms with van der Waals surface area (Å²) in [5.74, 6) is -0.364. The predicted molar refractivity (Wildman–Crippen MR) is 70.7 cm³/mol. The number of nitrogens with two attached hydrogens (primary N) is 1. The first-order chi connectivity index (χ1) is 8.79. The predicted octanol–water partition coefficient (Wildman–Crippen LogP) is 1.11. The third-order valence-electron chi connectivity index (χ3n) is 2.53. The van der Waals surface area contributed by atoms with Crippen LogP contribution in [0.4, 0.5) is 0 Å². The minimum atomic E-state index is -0.364. The van der Waals surface area contributed by atoms with Gasteiger partial charge in [-0.25, -0.2) is 0 Å². The second kappa shape index (κ2) is 8.25. The van der Waals surface area contributed by atoms with Crippen molar-refractivity contribution in [1.29, 1.82) is 0 Å². The quantitative estimate of drug-likeness (QED) is 0.293. The van der Waals surface area contributed by atoms with Crippen LogP contribution in [0, 0.1) is 0 Å². The van der Waals surface area contributed by atoms with E-state index in [2.05, 4.69) is 10.5 Å². The van der Waals surface area contributed by atoms with Gasteiger partial charge in [-0.05, 0) is 19.4 Å². The summed E-state index contributed by atoms with van der Waals surface area (Å²) in [5.41, 5.74) is 6.01. The third-order valence-corrected chi connectivity index (χ3v) is 2.53. The van der Waals surface area contributed by atoms with Crippen LogP contribution < -0.4 is 11.1 Å². The number of carbonyl (C=O) groups is 1. The monoisotopic (exact) mass is 249 g/mol. The first-order valence-corrected chi connectivity index (χ1v) is 6.05. The summed E-state index contributed by atoms with van der Waals surface area (Å²) >= 11 is 0. The second-order valence-corrected chi connectivity index (χ2v) is 3.92. The van der Waals surface area contributed by atoms with Crippen molar-refractivity contribution in [3.05, 3.63) is 35.9 Å². The third kappa shape index (κ3) is 4.55. The maximum Gasteiger partial charge on any atom is 0.273 e. The fourth-order valence-electron chi connectivity index (χ4n) is 1.56. The van der Waals surface area contributed by atoms with Crippen molar-refractivity contribution in [3.63, 3.8) is 0 Å². The van der Waals surface area contributed by atoms with E-state index in [-0.39, 0.29) is 11.6 Å². The molecule has 1 rings (SSSR count). The Hall–Kier alpha value is -1.88. The molecule has 0 aliphatic heterocycles. The lowest BCUT2D eigenvalue weighted by atomic mass is 10.1. The van der Waals surface area contributed by atoms with E-state index in [9.17, 15) is 4.79 Å². The first-order valence-electron chi connectivity index (χ1n) is 6.05. The summed E-state index contributed by atoms with van der Waals surface area (Å²) < 4.78 is 0. The van der Waals surface area contributed by atoms with Crippen LogP contribution in [0.2, 0.25) is 0 Å². The van der Waals surface area contributed by atoms with Gasteiger partial charge in [0.05, 0.1) is 0 Å². The van der Waals surface area contributed by atoms with Gasteiger partial charge < -0.3 is 16.3 Å². The Morgan fingerprint density at radius 3 is 2.56 bits per heavy atom. The standard InChI is InChI=1S/C13H19N3O2/c14-9-5-2-6-10-15-13(17)12(16-18)11-7-3-1-4-8-11/h1,3-4,7-8,18H,2,5-6,9-10,14H2,(H,15,17)/b16-12-. The molecule has 5 heteroatoms. The van der Waals surface area contributed by atoms with Gasteiger partial charge in [-0.1, -0.05) is 41.9 Å². The van der Waals surface area contributed by atoms with Crippen molar-refractivity contribution in [3.8, 4) is 0 Å². The number of rotatable bonds is 7. The van der Waals surface area contributed by atoms with Gasteiger partial charge in [-0.3, -0.25) is 4.79 Å². The largest absolute Gasteiger partial charge is 0.410 e. The lowest BCUT2D eigenvalue weighted by Crippen LogP contribution is -2.32. The SMILES string of the molecule is NCCCCCNC(=O)/C(=N\O)c1ccccc1. The van der Waals surface area contributed by atoms with Crippen molar-refractivity contribution in [2.75, 3.05) is 13.1 Å². The molecule has 1 aromatic rings. The summed E-state index contributed by atoms with van der Waals surface area (Å²) in [7, 11) is 0. The van der Waals surface area contributed by atoms with Crippen LogP contribution >= 0.6 is 0 Å². The summed E-state index contributed by atoms with van der Waals surface area (Å²) in [6.45, 7) is 1.23. The van der Waals surface area contributed by atoms with Crippen molar-refractivity contribution in [2.45, 2.75) is 19.3 Å². The van der Waals surface area contributed by atoms with Gasteiger partial charge in [0.2, 0.25) is 0 Å². The lowest BCUT2D eigenvalue weighted by molar-refractivity contribution is -0.114. The van der Waals surface area contributed by atoms with E-state index in [4.69, 9.17) is 10.9 Å². The molecule has 0 radical (unpaired) electrons. The molecule has 0 aliphatic rings. The maximum atomic E-state index is 11.8. The molecule has 0 unspecified atom stereocenters. The number of nitrogens with one attached hydrogen (secondary N) is 1. The average molecular weight is 249 g/mol. The van der Waals surface area contributed by atoms with Gasteiger partial charge in [0.1, 0.15) is 0 Å². The topological polar surface area (TPSA) is 87.7 Å². The smallest absolute Gasteiger partial charge is 0.273 e. The summed E-state index contributed by atoms with van der Waals surface area (Å²) in [4.78, 5) is 11.8. The van der Waals surface area contributed by atoms with Crippen molar-refractivity contribution < 1.29 is 10.0 Å². The van der Waals surface area contributed by atoms with Gasteiger partial charge >= 0.3 is 0 Å². The normalized spacial score (nSPS) is 11.3. The zero-order chi connectivity index (χ0) is 13.2. The molecule has 5 nitrogen and oxygen atoms in total. The molecule has 0 heterocycles. The summed E-state index contributed by atoms with van der Waals surface area (Å²) in [5, 5.41) is 14.7. The zero-order valence-corrected chi connectivity index (χ0v) is 10.3. The van der Waals surface area contributed by atoms with E-state index in [0.717, 1.165) is 19.3 Å². The van der Waals surface area contributed by atoms with Gasteiger partial charge in [-0.2, -0.15) is 0 Å². The number of carbonyl (C=O) groups excluding carboxylic acids is 1. The number of hydrogen-bond donors (Lipinski definition) is 3. The Bertz CT molecular complexity index is 390. The highest BCUT2D eigenvalue weighted by Gasteiger charge is 2.13. The van der Waals surface area contributed by atoms with Gasteiger partial charge in [-0.15, -0.1) is 0 Å². The number of amides is 1. The van der Waals surface area contributed by atoms with E-state index in [1.807, 2.05) is 6.07 Å². The molecule has 0 bridgehead atoms. The summed E-state index contributed by atoms with van der Waals surface area (Å²) in [6, 6.07) is 8.86. The highest BCUT2D eigenvalue weighted by Crippen LogP contribution is 2.01. The maximum absolute atomic E-state index is 11.8. The average Bonchev–Trinajstić information content (AvgIpc) is 2.40. The van der Waals surface area contributed by atoms with Crippen LogP contribution in [0.25, 0.3) is 0 Å². The molecular weight excluding hydrogens is 230 g/mol. The number of nitrogens with zero attached hydrogens (tertiary/aromatic N) is 1. The first kappa shape index (κ1) is 14.2. The Balaban J connectivity index is 2.45. The molecule has 4 N–H and O–H groups in total. The molecule has 1 aromatic carbocycles. The minimum Gasteiger partial charge on any atom is -0.410 e. The molecule has 0 saturated carbocycles. The fourth-order valence-corrected chi connectivity index (χ4v) is 1.56. The molecule has 1 amide bonds. The number of unbranched alkanes of at least 4 members (excludes halogenated alkanes) is 2. The highest BCUT2D eigenvalue weighted by atomic mass is 16.4. The Morgan fingerprint density at radius 1 is 1.22 bits per heavy atom. The van der Waals surface area contributed by atoms with Crippen LogP contribution in [-0.2, 0) is 4.79 Å². The van der Waals surface area contributed by atoms with Crippen molar-refractivity contribution in [2.24, 2.45) is 10.9 Å². The van der Waals surface area contributed by atoms with Gasteiger partial charge in [0.15, 0.2) is 5.71 Å². The van der Waals surface area contributed by atoms with Crippen LogP contribution in [0.5, 0.6) is 0 Å². The molecule has 98 valence electrons. The lowest BCUT2D eigenvalue weighted by Gasteiger charge is -2.06. The van der Waals surface area contributed by atoms with Gasteiger partial charge in [0.25, 0.3) is 5.91 Å². The van der Waals surface area contributed by atoms with Crippen LogP contribution in [0.3, 0.4) is 0 Å². The van der Waals surface area contributed by atoms with Crippen LogP contribution in [0.1, 0.15) is 24.8 Å². The van der Waals surface area contributed by atoms with E-state index >= 15 is 0 Å². The van der Waals surface area contributed by atoms with Crippen molar-refractivity contribution in [1.82, 2.24) is 5.32 Å². The number of benzene rings is 1. The zero-order valence-electron chi connectivity index (χ0n) is 10.3. The Kier molecular flexibility index (Phi) is 6.50. The molecule has 0 aliphatic carbocycles. The van der Waals surface area contributed by atoms with E-state index in [1.54, 1.807) is 24.3 Å². The molecule has 18 heavy (non-hydrogen) atoms. The Labute approximate surface area is 107 Å². The van der Waals surface area contributed by atoms with Gasteiger partial charge in [0, 0.05) is 12.1 Å². The van der Waals surface area contributed by atoms with Crippen LogP contribution in [0.15, 0.2) is 35.5 Å². The highest BCUT2D eigenvalue weighted by molar-refractivity contribution is 6.45. The van der Waals surface area contributed by atoms with Crippen LogP contribution in [-0.4, -0.2) is 29.9 Å². The van der Waals surface area contributed by atoms with E-state index < -0.39 is 0 Å². The fraction of sp³-hybridized carbons (Fsp3) is 0.385. The Morgan fingerprint density at radius 2 is 1.94 bits per heavy atom. The number of oxime groups is 1. The molecule has 0 spiro atoms. The number of hydrogen-bond acceptors (Lipinski definition) is 4. The minimum absolute atomic E-state index is 0.0365. The summed E-state index contributed by atoms with van der Waals surface area (Å²) in [6.07, 6.45) is 2.81. The van der Waals surface area contributed by atoms with E-state index in [1.165, 1.54) is 0 Å². The molecule has 0 aromatic heterocycles. The molecular formula is C13H19N3O2. The van der Waals surface area contributed by atoms with Crippen molar-refractivity contribution >= 4 is 11.6 Å². The molecule has 0 atom stereocenters. The second-order valence-electron chi connectivity index (χ2n) is 3.92. The van der Waals surface area contributed by atoms with E-state index in [0.29, 0.717) is 18.7 Å². The molecule has 0 saturated heterocycles.